The van der Waals surface area contributed by atoms with Gasteiger partial charge in [0.15, 0.2) is 0 Å². The molecule has 2 aromatic rings. The smallest absolute Gasteiger partial charge is 0.315 e. The normalized spacial score (nSPS) is 11.6. The molecule has 0 unspecified atom stereocenters. The van der Waals surface area contributed by atoms with E-state index >= 15 is 0 Å². The molecular formula is C19H24FN3O3S. The highest BCUT2D eigenvalue weighted by molar-refractivity contribution is 7.10. The van der Waals surface area contributed by atoms with Crippen LogP contribution in [-0.2, 0) is 9.53 Å². The average Bonchev–Trinajstić information content (AvgIpc) is 3.19. The fourth-order valence-electron chi connectivity index (χ4n) is 2.39. The number of thiophene rings is 1. The molecule has 0 aliphatic heterocycles. The van der Waals surface area contributed by atoms with Crippen LogP contribution in [0.3, 0.4) is 0 Å². The first-order chi connectivity index (χ1) is 13.1. The van der Waals surface area contributed by atoms with Crippen LogP contribution in [0, 0.1) is 5.82 Å². The van der Waals surface area contributed by atoms with E-state index in [0.717, 1.165) is 10.4 Å². The Kier molecular flexibility index (Phi) is 8.73. The van der Waals surface area contributed by atoms with E-state index in [2.05, 4.69) is 16.0 Å². The van der Waals surface area contributed by atoms with Gasteiger partial charge in [0, 0.05) is 24.6 Å². The number of rotatable bonds is 10. The number of carbonyl (C=O) groups is 2. The fourth-order valence-corrected chi connectivity index (χ4v) is 3.19. The van der Waals surface area contributed by atoms with Crippen LogP contribution in [-0.4, -0.2) is 38.2 Å². The van der Waals surface area contributed by atoms with Crippen molar-refractivity contribution in [2.24, 2.45) is 0 Å². The molecule has 27 heavy (non-hydrogen) atoms. The van der Waals surface area contributed by atoms with Crippen LogP contribution in [0.4, 0.5) is 9.18 Å². The first-order valence-electron chi connectivity index (χ1n) is 8.77. The molecule has 1 aromatic carbocycles. The number of halogens is 1. The number of ether oxygens (including phenoxy) is 1. The first kappa shape index (κ1) is 20.9. The summed E-state index contributed by atoms with van der Waals surface area (Å²) in [6, 6.07) is 8.97. The molecule has 0 bridgehead atoms. The summed E-state index contributed by atoms with van der Waals surface area (Å²) < 4.78 is 18.4. The summed E-state index contributed by atoms with van der Waals surface area (Å²) >= 11 is 1.49. The van der Waals surface area contributed by atoms with Gasteiger partial charge in [-0.25, -0.2) is 9.18 Å². The Bertz CT molecular complexity index is 707. The zero-order valence-corrected chi connectivity index (χ0v) is 16.0. The van der Waals surface area contributed by atoms with Crippen LogP contribution in [0.2, 0.25) is 0 Å². The molecular weight excluding hydrogens is 369 g/mol. The zero-order chi connectivity index (χ0) is 19.5. The average molecular weight is 393 g/mol. The summed E-state index contributed by atoms with van der Waals surface area (Å²) in [4.78, 5) is 24.9. The van der Waals surface area contributed by atoms with E-state index in [1.807, 2.05) is 24.4 Å². The van der Waals surface area contributed by atoms with Crippen LogP contribution in [0.1, 0.15) is 29.8 Å². The van der Waals surface area contributed by atoms with Gasteiger partial charge in [-0.1, -0.05) is 18.2 Å². The molecule has 0 aliphatic rings. The second-order valence-corrected chi connectivity index (χ2v) is 6.71. The van der Waals surface area contributed by atoms with Gasteiger partial charge in [0.1, 0.15) is 5.82 Å². The lowest BCUT2D eigenvalue weighted by molar-refractivity contribution is -0.120. The van der Waals surface area contributed by atoms with Crippen molar-refractivity contribution in [1.29, 1.82) is 0 Å². The number of carbonyl (C=O) groups excluding carboxylic acids is 2. The standard InChI is InChI=1S/C19H24FN3O3S/c1-2-26-11-4-10-21-19(25)22-13-17(24)23-18(16-5-3-12-27-16)14-6-8-15(20)9-7-14/h3,5-9,12,18H,2,4,10-11,13H2,1H3,(H,23,24)(H2,21,22,25)/t18-/m0/s1. The van der Waals surface area contributed by atoms with Gasteiger partial charge < -0.3 is 20.7 Å². The molecule has 1 aromatic heterocycles. The van der Waals surface area contributed by atoms with Gasteiger partial charge in [0.2, 0.25) is 5.91 Å². The minimum absolute atomic E-state index is 0.152. The molecule has 1 heterocycles. The van der Waals surface area contributed by atoms with E-state index in [-0.39, 0.29) is 18.3 Å². The van der Waals surface area contributed by atoms with E-state index in [4.69, 9.17) is 4.74 Å². The molecule has 3 amide bonds. The second kappa shape index (κ2) is 11.3. The van der Waals surface area contributed by atoms with E-state index in [9.17, 15) is 14.0 Å². The SMILES string of the molecule is CCOCCCNC(=O)NCC(=O)N[C@@H](c1ccc(F)cc1)c1cccs1. The number of urea groups is 1. The second-order valence-electron chi connectivity index (χ2n) is 5.73. The Morgan fingerprint density at radius 1 is 1.19 bits per heavy atom. The molecule has 0 aliphatic carbocycles. The minimum atomic E-state index is -0.406. The van der Waals surface area contributed by atoms with Crippen LogP contribution in [0.25, 0.3) is 0 Å². The lowest BCUT2D eigenvalue weighted by atomic mass is 10.1. The molecule has 1 atom stereocenters. The maximum absolute atomic E-state index is 13.2. The lowest BCUT2D eigenvalue weighted by Crippen LogP contribution is -2.43. The summed E-state index contributed by atoms with van der Waals surface area (Å²) in [7, 11) is 0. The van der Waals surface area contributed by atoms with Crippen LogP contribution in [0.5, 0.6) is 0 Å². The Balaban J connectivity index is 1.83. The number of hydrogen-bond donors (Lipinski definition) is 3. The Morgan fingerprint density at radius 2 is 1.96 bits per heavy atom. The van der Waals surface area contributed by atoms with Crippen LogP contribution < -0.4 is 16.0 Å². The van der Waals surface area contributed by atoms with E-state index < -0.39 is 12.1 Å². The van der Waals surface area contributed by atoms with Gasteiger partial charge in [0.05, 0.1) is 12.6 Å². The molecule has 0 fully saturated rings. The third-order valence-corrected chi connectivity index (χ3v) is 4.64. The largest absolute Gasteiger partial charge is 0.382 e. The first-order valence-corrected chi connectivity index (χ1v) is 9.65. The Morgan fingerprint density at radius 3 is 2.63 bits per heavy atom. The van der Waals surface area contributed by atoms with Crippen molar-refractivity contribution in [2.45, 2.75) is 19.4 Å². The Labute approximate surface area is 162 Å². The summed E-state index contributed by atoms with van der Waals surface area (Å²) in [5.74, 6) is -0.667. The molecule has 3 N–H and O–H groups in total. The van der Waals surface area contributed by atoms with Crippen molar-refractivity contribution in [3.63, 3.8) is 0 Å². The molecule has 6 nitrogen and oxygen atoms in total. The Hall–Kier alpha value is -2.45. The van der Waals surface area contributed by atoms with Gasteiger partial charge in [-0.2, -0.15) is 0 Å². The molecule has 2 rings (SSSR count). The summed E-state index contributed by atoms with van der Waals surface area (Å²) in [5, 5.41) is 9.98. The maximum Gasteiger partial charge on any atom is 0.315 e. The van der Waals surface area contributed by atoms with Crippen molar-refractivity contribution in [1.82, 2.24) is 16.0 Å². The highest BCUT2D eigenvalue weighted by atomic mass is 32.1. The maximum atomic E-state index is 13.2. The molecule has 0 spiro atoms. The molecule has 0 saturated carbocycles. The van der Waals surface area contributed by atoms with Crippen molar-refractivity contribution in [2.75, 3.05) is 26.3 Å². The van der Waals surface area contributed by atoms with E-state index in [0.29, 0.717) is 26.2 Å². The topological polar surface area (TPSA) is 79.5 Å². The van der Waals surface area contributed by atoms with Gasteiger partial charge >= 0.3 is 6.03 Å². The third kappa shape index (κ3) is 7.36. The van der Waals surface area contributed by atoms with E-state index in [1.54, 1.807) is 12.1 Å². The summed E-state index contributed by atoms with van der Waals surface area (Å²) in [5.41, 5.74) is 0.771. The van der Waals surface area contributed by atoms with Crippen LogP contribution >= 0.6 is 11.3 Å². The highest BCUT2D eigenvalue weighted by Crippen LogP contribution is 2.26. The highest BCUT2D eigenvalue weighted by Gasteiger charge is 2.18. The van der Waals surface area contributed by atoms with Crippen LogP contribution in [0.15, 0.2) is 41.8 Å². The predicted molar refractivity (Wildman–Crippen MR) is 103 cm³/mol. The predicted octanol–water partition coefficient (Wildman–Crippen LogP) is 2.82. The molecule has 146 valence electrons. The van der Waals surface area contributed by atoms with Crippen molar-refractivity contribution >= 4 is 23.3 Å². The monoisotopic (exact) mass is 393 g/mol. The van der Waals surface area contributed by atoms with Gasteiger partial charge in [0.25, 0.3) is 0 Å². The number of nitrogens with one attached hydrogen (secondary N) is 3. The quantitative estimate of drug-likeness (QED) is 0.543. The van der Waals surface area contributed by atoms with E-state index in [1.165, 1.54) is 23.5 Å². The number of amides is 3. The van der Waals surface area contributed by atoms with Crippen molar-refractivity contribution in [3.8, 4) is 0 Å². The van der Waals surface area contributed by atoms with Gasteiger partial charge in [-0.15, -0.1) is 11.3 Å². The molecule has 8 heteroatoms. The minimum Gasteiger partial charge on any atom is -0.382 e. The van der Waals surface area contributed by atoms with Crippen molar-refractivity contribution in [3.05, 3.63) is 58.0 Å². The number of hydrogen-bond acceptors (Lipinski definition) is 4. The fraction of sp³-hybridized carbons (Fsp3) is 0.368. The third-order valence-electron chi connectivity index (χ3n) is 3.70. The molecule has 0 saturated heterocycles. The zero-order valence-electron chi connectivity index (χ0n) is 15.2. The number of benzene rings is 1. The summed E-state index contributed by atoms with van der Waals surface area (Å²) in [6.07, 6.45) is 0.707. The van der Waals surface area contributed by atoms with Crippen molar-refractivity contribution < 1.29 is 18.7 Å². The molecule has 0 radical (unpaired) electrons. The summed E-state index contributed by atoms with van der Waals surface area (Å²) in [6.45, 7) is 3.46. The lowest BCUT2D eigenvalue weighted by Gasteiger charge is -2.18. The van der Waals surface area contributed by atoms with Gasteiger partial charge in [-0.3, -0.25) is 4.79 Å². The van der Waals surface area contributed by atoms with Gasteiger partial charge in [-0.05, 0) is 42.5 Å².